The third-order valence-electron chi connectivity index (χ3n) is 5.47. The Bertz CT molecular complexity index is 976. The maximum absolute atomic E-state index is 12.0. The average Bonchev–Trinajstić information content (AvgIpc) is 3.13. The van der Waals surface area contributed by atoms with E-state index in [-0.39, 0.29) is 17.6 Å². The summed E-state index contributed by atoms with van der Waals surface area (Å²) in [6, 6.07) is 13.6. The molecule has 2 heterocycles. The first-order chi connectivity index (χ1) is 14.3. The van der Waals surface area contributed by atoms with Crippen molar-refractivity contribution >= 4 is 34.6 Å². The minimum absolute atomic E-state index is 0.0119. The summed E-state index contributed by atoms with van der Waals surface area (Å²) < 4.78 is 11.5. The van der Waals surface area contributed by atoms with Gasteiger partial charge in [0.2, 0.25) is 5.91 Å². The highest BCUT2D eigenvalue weighted by atomic mass is 32.1. The Kier molecular flexibility index (Phi) is 5.56. The molecule has 2 aliphatic heterocycles. The number of thiocarbonyl (C=S) groups is 1. The fourth-order valence-electron chi connectivity index (χ4n) is 4.09. The van der Waals surface area contributed by atoms with E-state index in [0.717, 1.165) is 47.8 Å². The number of anilines is 2. The van der Waals surface area contributed by atoms with Gasteiger partial charge in [-0.15, -0.1) is 0 Å². The minimum atomic E-state index is -0.315. The Morgan fingerprint density at radius 3 is 2.83 bits per heavy atom. The second-order valence-electron chi connectivity index (χ2n) is 8.32. The minimum Gasteiger partial charge on any atom is -0.497 e. The second kappa shape index (κ2) is 8.14. The van der Waals surface area contributed by atoms with Crippen LogP contribution in [0.2, 0.25) is 0 Å². The molecular formula is C23H27N3O3S. The number of methoxy groups -OCH3 is 1. The number of hydrogen-bond donors (Lipinski definition) is 2. The number of carbonyl (C=O) groups is 1. The van der Waals surface area contributed by atoms with Crippen molar-refractivity contribution in [2.75, 3.05) is 23.9 Å². The third kappa shape index (κ3) is 4.36. The number of carbonyl (C=O) groups excluding carboxylic acids is 1. The van der Waals surface area contributed by atoms with E-state index in [1.54, 1.807) is 7.11 Å². The molecule has 0 aromatic heterocycles. The number of rotatable bonds is 4. The number of benzene rings is 2. The summed E-state index contributed by atoms with van der Waals surface area (Å²) in [5.41, 5.74) is 2.45. The van der Waals surface area contributed by atoms with E-state index in [1.807, 2.05) is 47.4 Å². The molecule has 0 spiro atoms. The van der Waals surface area contributed by atoms with Crippen molar-refractivity contribution in [3.8, 4) is 11.5 Å². The summed E-state index contributed by atoms with van der Waals surface area (Å²) in [4.78, 5) is 13.9. The lowest BCUT2D eigenvalue weighted by atomic mass is 9.89. The number of amides is 1. The van der Waals surface area contributed by atoms with Crippen molar-refractivity contribution in [3.63, 3.8) is 0 Å². The molecule has 6 nitrogen and oxygen atoms in total. The third-order valence-corrected chi connectivity index (χ3v) is 5.69. The molecule has 0 bridgehead atoms. The van der Waals surface area contributed by atoms with E-state index in [0.29, 0.717) is 11.5 Å². The Balaban J connectivity index is 1.50. The molecule has 1 saturated heterocycles. The molecule has 1 amide bonds. The predicted molar refractivity (Wildman–Crippen MR) is 122 cm³/mol. The summed E-state index contributed by atoms with van der Waals surface area (Å²) in [5, 5.41) is 7.22. The van der Waals surface area contributed by atoms with Gasteiger partial charge < -0.3 is 25.0 Å². The highest BCUT2D eigenvalue weighted by molar-refractivity contribution is 7.80. The summed E-state index contributed by atoms with van der Waals surface area (Å²) in [5.74, 6) is 1.79. The van der Waals surface area contributed by atoms with Gasteiger partial charge in [0, 0.05) is 36.3 Å². The van der Waals surface area contributed by atoms with Gasteiger partial charge in [0.15, 0.2) is 5.11 Å². The van der Waals surface area contributed by atoms with Crippen LogP contribution < -0.4 is 25.0 Å². The van der Waals surface area contributed by atoms with Gasteiger partial charge in [-0.05, 0) is 68.9 Å². The molecule has 2 aliphatic rings. The van der Waals surface area contributed by atoms with Crippen LogP contribution in [0.15, 0.2) is 42.5 Å². The first-order valence-electron chi connectivity index (χ1n) is 10.2. The molecular weight excluding hydrogens is 398 g/mol. The van der Waals surface area contributed by atoms with Crippen LogP contribution >= 0.6 is 12.2 Å². The largest absolute Gasteiger partial charge is 0.497 e. The average molecular weight is 426 g/mol. The molecule has 4 rings (SSSR count). The molecule has 2 aromatic carbocycles. The molecule has 1 fully saturated rings. The van der Waals surface area contributed by atoms with E-state index >= 15 is 0 Å². The topological polar surface area (TPSA) is 62.8 Å². The van der Waals surface area contributed by atoms with Gasteiger partial charge in [0.1, 0.15) is 17.1 Å². The van der Waals surface area contributed by atoms with Crippen LogP contribution in [0.25, 0.3) is 0 Å². The van der Waals surface area contributed by atoms with Crippen LogP contribution in [0, 0.1) is 0 Å². The van der Waals surface area contributed by atoms with Crippen LogP contribution in [0.5, 0.6) is 11.5 Å². The molecule has 0 radical (unpaired) electrons. The van der Waals surface area contributed by atoms with Gasteiger partial charge in [-0.3, -0.25) is 4.79 Å². The van der Waals surface area contributed by atoms with Crippen LogP contribution in [-0.4, -0.2) is 30.3 Å². The number of nitrogens with one attached hydrogen (secondary N) is 2. The van der Waals surface area contributed by atoms with Crippen molar-refractivity contribution in [1.82, 2.24) is 5.32 Å². The molecule has 30 heavy (non-hydrogen) atoms. The van der Waals surface area contributed by atoms with E-state index in [4.69, 9.17) is 21.7 Å². The molecule has 2 N–H and O–H groups in total. The number of fused-ring (bicyclic) bond motifs is 1. The van der Waals surface area contributed by atoms with E-state index < -0.39 is 0 Å². The Hall–Kier alpha value is -2.80. The zero-order valence-electron chi connectivity index (χ0n) is 17.5. The number of hydrogen-bond acceptors (Lipinski definition) is 4. The maximum atomic E-state index is 12.0. The van der Waals surface area contributed by atoms with Crippen molar-refractivity contribution < 1.29 is 14.3 Å². The standard InChI is InChI=1S/C23H27N3O3S/c1-23(2)14-19(18-13-17(28-3)9-10-20(18)29-23)25-22(30)24-15-6-4-7-16(12-15)26-11-5-8-21(26)27/h4,6-7,9-10,12-13,19H,5,8,11,14H2,1-3H3,(H2,24,25,30)/t19-/m1/s1. The molecule has 158 valence electrons. The quantitative estimate of drug-likeness (QED) is 0.708. The molecule has 2 aromatic rings. The van der Waals surface area contributed by atoms with Crippen molar-refractivity contribution in [1.29, 1.82) is 0 Å². The van der Waals surface area contributed by atoms with Gasteiger partial charge in [0.25, 0.3) is 0 Å². The normalized spacial score (nSPS) is 19.6. The summed E-state index contributed by atoms with van der Waals surface area (Å²) in [7, 11) is 1.65. The SMILES string of the molecule is COc1ccc2c(c1)[C@H](NC(=S)Nc1cccc(N3CCCC3=O)c1)CC(C)(C)O2. The smallest absolute Gasteiger partial charge is 0.227 e. The van der Waals surface area contributed by atoms with Gasteiger partial charge in [-0.2, -0.15) is 0 Å². The molecule has 0 aliphatic carbocycles. The van der Waals surface area contributed by atoms with Crippen LogP contribution in [-0.2, 0) is 4.79 Å². The van der Waals surface area contributed by atoms with E-state index in [2.05, 4.69) is 24.5 Å². The van der Waals surface area contributed by atoms with Crippen LogP contribution in [0.4, 0.5) is 11.4 Å². The van der Waals surface area contributed by atoms with Gasteiger partial charge in [0.05, 0.1) is 13.2 Å². The van der Waals surface area contributed by atoms with Gasteiger partial charge >= 0.3 is 0 Å². The lowest BCUT2D eigenvalue weighted by Crippen LogP contribution is -2.42. The van der Waals surface area contributed by atoms with Gasteiger partial charge in [-0.25, -0.2) is 0 Å². The maximum Gasteiger partial charge on any atom is 0.227 e. The van der Waals surface area contributed by atoms with Crippen LogP contribution in [0.3, 0.4) is 0 Å². The van der Waals surface area contributed by atoms with Crippen molar-refractivity contribution in [2.24, 2.45) is 0 Å². The Morgan fingerprint density at radius 2 is 2.10 bits per heavy atom. The zero-order chi connectivity index (χ0) is 21.3. The zero-order valence-corrected chi connectivity index (χ0v) is 18.3. The monoisotopic (exact) mass is 425 g/mol. The lowest BCUT2D eigenvalue weighted by Gasteiger charge is -2.38. The molecule has 0 unspecified atom stereocenters. The number of nitrogens with zero attached hydrogens (tertiary/aromatic N) is 1. The second-order valence-corrected chi connectivity index (χ2v) is 8.73. The highest BCUT2D eigenvalue weighted by Gasteiger charge is 2.34. The Labute approximate surface area is 182 Å². The van der Waals surface area contributed by atoms with E-state index in [1.165, 1.54) is 0 Å². The first kappa shape index (κ1) is 20.5. The van der Waals surface area contributed by atoms with Gasteiger partial charge in [-0.1, -0.05) is 6.07 Å². The fraction of sp³-hybridized carbons (Fsp3) is 0.391. The molecule has 1 atom stereocenters. The highest BCUT2D eigenvalue weighted by Crippen LogP contribution is 2.41. The molecule has 7 heteroatoms. The van der Waals surface area contributed by atoms with E-state index in [9.17, 15) is 4.79 Å². The summed E-state index contributed by atoms with van der Waals surface area (Å²) in [6.45, 7) is 4.91. The van der Waals surface area contributed by atoms with Crippen molar-refractivity contribution in [2.45, 2.75) is 44.8 Å². The number of ether oxygens (including phenoxy) is 2. The Morgan fingerprint density at radius 1 is 1.27 bits per heavy atom. The first-order valence-corrected chi connectivity index (χ1v) is 10.6. The van der Waals surface area contributed by atoms with Crippen molar-refractivity contribution in [3.05, 3.63) is 48.0 Å². The lowest BCUT2D eigenvalue weighted by molar-refractivity contribution is -0.117. The predicted octanol–water partition coefficient (Wildman–Crippen LogP) is 4.41. The summed E-state index contributed by atoms with van der Waals surface area (Å²) in [6.07, 6.45) is 2.27. The summed E-state index contributed by atoms with van der Waals surface area (Å²) >= 11 is 5.61. The van der Waals surface area contributed by atoms with Crippen LogP contribution in [0.1, 0.15) is 44.7 Å². The fourth-order valence-corrected chi connectivity index (χ4v) is 4.35. The molecule has 0 saturated carbocycles.